The van der Waals surface area contributed by atoms with Crippen LogP contribution in [0.5, 0.6) is 0 Å². The molecule has 0 bridgehead atoms. The van der Waals surface area contributed by atoms with Crippen LogP contribution >= 0.6 is 39.1 Å². The van der Waals surface area contributed by atoms with E-state index in [-0.39, 0.29) is 10.9 Å². The van der Waals surface area contributed by atoms with E-state index in [2.05, 4.69) is 21.2 Å². The first-order chi connectivity index (χ1) is 9.91. The van der Waals surface area contributed by atoms with Gasteiger partial charge in [-0.3, -0.25) is 9.59 Å². The summed E-state index contributed by atoms with van der Waals surface area (Å²) in [7, 11) is 0. The molecule has 1 aromatic carbocycles. The highest BCUT2D eigenvalue weighted by Crippen LogP contribution is 2.37. The van der Waals surface area contributed by atoms with Crippen LogP contribution in [0.1, 0.15) is 25.7 Å². The molecular weight excluding hydrogens is 381 g/mol. The summed E-state index contributed by atoms with van der Waals surface area (Å²) in [4.78, 5) is 23.6. The van der Waals surface area contributed by atoms with Crippen molar-refractivity contribution in [1.82, 2.24) is 0 Å². The molecule has 1 saturated carbocycles. The zero-order valence-electron chi connectivity index (χ0n) is 11.0. The number of benzene rings is 1. The molecule has 2 rings (SSSR count). The molecule has 0 aliphatic heterocycles. The third-order valence-corrected chi connectivity index (χ3v) is 5.48. The Kier molecular flexibility index (Phi) is 5.52. The van der Waals surface area contributed by atoms with Gasteiger partial charge in [0, 0.05) is 4.47 Å². The zero-order chi connectivity index (χ0) is 15.6. The quantitative estimate of drug-likeness (QED) is 0.737. The number of rotatable bonds is 3. The molecule has 2 N–H and O–H groups in total. The average Bonchev–Trinajstić information content (AvgIpc) is 2.47. The van der Waals surface area contributed by atoms with Crippen molar-refractivity contribution in [2.75, 3.05) is 5.32 Å². The maximum absolute atomic E-state index is 12.3. The third-order valence-electron chi connectivity index (χ3n) is 3.71. The summed E-state index contributed by atoms with van der Waals surface area (Å²) in [6.45, 7) is 0. The smallest absolute Gasteiger partial charge is 0.307 e. The molecule has 4 nitrogen and oxygen atoms in total. The highest BCUT2D eigenvalue weighted by Gasteiger charge is 2.35. The summed E-state index contributed by atoms with van der Waals surface area (Å²) in [5, 5.41) is 12.5. The minimum Gasteiger partial charge on any atom is -0.481 e. The number of nitrogens with one attached hydrogen (secondary N) is 1. The molecule has 0 heterocycles. The standard InChI is InChI=1S/C14H14BrCl2NO3/c15-9-5-6-10(12(17)11(9)16)18-13(19)7-3-1-2-4-8(7)14(20)21/h5-8H,1-4H2,(H,18,19)(H,20,21). The van der Waals surface area contributed by atoms with Crippen LogP contribution in [0.2, 0.25) is 10.0 Å². The van der Waals surface area contributed by atoms with E-state index in [1.165, 1.54) is 0 Å². The Morgan fingerprint density at radius 1 is 1.14 bits per heavy atom. The largest absolute Gasteiger partial charge is 0.481 e. The van der Waals surface area contributed by atoms with E-state index >= 15 is 0 Å². The topological polar surface area (TPSA) is 66.4 Å². The summed E-state index contributed by atoms with van der Waals surface area (Å²) < 4.78 is 0.633. The molecule has 2 unspecified atom stereocenters. The minimum atomic E-state index is -0.921. The Hall–Kier alpha value is -0.780. The van der Waals surface area contributed by atoms with Crippen LogP contribution < -0.4 is 5.32 Å². The van der Waals surface area contributed by atoms with Crippen molar-refractivity contribution in [2.24, 2.45) is 11.8 Å². The maximum Gasteiger partial charge on any atom is 0.307 e. The third kappa shape index (κ3) is 3.71. The van der Waals surface area contributed by atoms with Gasteiger partial charge in [0.05, 0.1) is 27.6 Å². The van der Waals surface area contributed by atoms with E-state index in [0.717, 1.165) is 12.8 Å². The van der Waals surface area contributed by atoms with Gasteiger partial charge in [0.15, 0.2) is 0 Å². The van der Waals surface area contributed by atoms with Gasteiger partial charge in [-0.2, -0.15) is 0 Å². The van der Waals surface area contributed by atoms with Gasteiger partial charge in [0.2, 0.25) is 5.91 Å². The lowest BCUT2D eigenvalue weighted by atomic mass is 9.78. The predicted octanol–water partition coefficient (Wildman–Crippen LogP) is 4.59. The van der Waals surface area contributed by atoms with Gasteiger partial charge in [0.25, 0.3) is 0 Å². The summed E-state index contributed by atoms with van der Waals surface area (Å²) in [5.41, 5.74) is 0.393. The monoisotopic (exact) mass is 393 g/mol. The number of amides is 1. The van der Waals surface area contributed by atoms with Gasteiger partial charge >= 0.3 is 5.97 Å². The first-order valence-corrected chi connectivity index (χ1v) is 8.14. The molecule has 2 atom stereocenters. The van der Waals surface area contributed by atoms with Crippen molar-refractivity contribution in [3.05, 3.63) is 26.7 Å². The zero-order valence-corrected chi connectivity index (χ0v) is 14.1. The predicted molar refractivity (Wildman–Crippen MR) is 85.9 cm³/mol. The van der Waals surface area contributed by atoms with Crippen LogP contribution in [-0.2, 0) is 9.59 Å². The lowest BCUT2D eigenvalue weighted by Crippen LogP contribution is -2.36. The number of halogens is 3. The van der Waals surface area contributed by atoms with E-state index in [4.69, 9.17) is 23.2 Å². The van der Waals surface area contributed by atoms with Crippen molar-refractivity contribution in [3.63, 3.8) is 0 Å². The molecule has 0 saturated heterocycles. The van der Waals surface area contributed by atoms with Crippen molar-refractivity contribution >= 4 is 56.7 Å². The van der Waals surface area contributed by atoms with Crippen LogP contribution in [-0.4, -0.2) is 17.0 Å². The second-order valence-electron chi connectivity index (χ2n) is 5.05. The maximum atomic E-state index is 12.3. The molecule has 1 aliphatic carbocycles. The number of carboxylic acids is 1. The normalized spacial score (nSPS) is 21.9. The molecule has 0 aromatic heterocycles. The van der Waals surface area contributed by atoms with Crippen LogP contribution in [0.4, 0.5) is 5.69 Å². The average molecular weight is 395 g/mol. The van der Waals surface area contributed by atoms with Gasteiger partial charge in [-0.25, -0.2) is 0 Å². The number of hydrogen-bond acceptors (Lipinski definition) is 2. The van der Waals surface area contributed by atoms with Crippen molar-refractivity contribution < 1.29 is 14.7 Å². The van der Waals surface area contributed by atoms with Crippen molar-refractivity contribution in [1.29, 1.82) is 0 Å². The van der Waals surface area contributed by atoms with Crippen LogP contribution in [0, 0.1) is 11.8 Å². The minimum absolute atomic E-state index is 0.238. The van der Waals surface area contributed by atoms with E-state index in [0.29, 0.717) is 28.0 Å². The second kappa shape index (κ2) is 6.99. The SMILES string of the molecule is O=C(O)C1CCCCC1C(=O)Nc1ccc(Br)c(Cl)c1Cl. The van der Waals surface area contributed by atoms with Gasteiger partial charge in [-0.15, -0.1) is 0 Å². The van der Waals surface area contributed by atoms with Crippen molar-refractivity contribution in [3.8, 4) is 0 Å². The second-order valence-corrected chi connectivity index (χ2v) is 6.66. The Morgan fingerprint density at radius 3 is 2.38 bits per heavy atom. The fourth-order valence-corrected chi connectivity index (χ4v) is 3.41. The lowest BCUT2D eigenvalue weighted by molar-refractivity contribution is -0.147. The molecule has 1 aliphatic rings. The fourth-order valence-electron chi connectivity index (χ4n) is 2.59. The summed E-state index contributed by atoms with van der Waals surface area (Å²) in [6, 6.07) is 3.31. The number of carboxylic acid groups (broad SMARTS) is 1. The molecule has 21 heavy (non-hydrogen) atoms. The number of anilines is 1. The van der Waals surface area contributed by atoms with Crippen LogP contribution in [0.15, 0.2) is 16.6 Å². The van der Waals surface area contributed by atoms with Gasteiger partial charge in [-0.1, -0.05) is 36.0 Å². The Bertz CT molecular complexity index is 580. The highest BCUT2D eigenvalue weighted by molar-refractivity contribution is 9.10. The molecule has 114 valence electrons. The first-order valence-electron chi connectivity index (χ1n) is 6.59. The summed E-state index contributed by atoms with van der Waals surface area (Å²) >= 11 is 15.3. The molecule has 7 heteroatoms. The molecule has 1 amide bonds. The van der Waals surface area contributed by atoms with Crippen LogP contribution in [0.3, 0.4) is 0 Å². The first kappa shape index (κ1) is 16.6. The van der Waals surface area contributed by atoms with E-state index in [9.17, 15) is 14.7 Å². The number of aliphatic carboxylic acids is 1. The van der Waals surface area contributed by atoms with E-state index in [1.54, 1.807) is 12.1 Å². The number of carbonyl (C=O) groups is 2. The molecule has 0 spiro atoms. The van der Waals surface area contributed by atoms with Crippen LogP contribution in [0.25, 0.3) is 0 Å². The molecule has 0 radical (unpaired) electrons. The number of carbonyl (C=O) groups excluding carboxylic acids is 1. The fraction of sp³-hybridized carbons (Fsp3) is 0.429. The molecule has 1 fully saturated rings. The number of hydrogen-bond donors (Lipinski definition) is 2. The summed E-state index contributed by atoms with van der Waals surface area (Å²) in [5.74, 6) is -2.41. The molecular formula is C14H14BrCl2NO3. The highest BCUT2D eigenvalue weighted by atomic mass is 79.9. The van der Waals surface area contributed by atoms with Crippen molar-refractivity contribution in [2.45, 2.75) is 25.7 Å². The Labute approximate surface area is 140 Å². The molecule has 1 aromatic rings. The van der Waals surface area contributed by atoms with E-state index in [1.807, 2.05) is 0 Å². The van der Waals surface area contributed by atoms with Gasteiger partial charge in [0.1, 0.15) is 0 Å². The van der Waals surface area contributed by atoms with E-state index < -0.39 is 17.8 Å². The summed E-state index contributed by atoms with van der Waals surface area (Å²) in [6.07, 6.45) is 2.80. The Balaban J connectivity index is 2.17. The van der Waals surface area contributed by atoms with Gasteiger partial charge < -0.3 is 10.4 Å². The lowest BCUT2D eigenvalue weighted by Gasteiger charge is -2.27. The Morgan fingerprint density at radius 2 is 1.76 bits per heavy atom. The van der Waals surface area contributed by atoms with Gasteiger partial charge in [-0.05, 0) is 40.9 Å².